The zero-order chi connectivity index (χ0) is 13.1. The molecule has 18 heavy (non-hydrogen) atoms. The van der Waals surface area contributed by atoms with Crippen LogP contribution in [0.1, 0.15) is 21.7 Å². The SMILES string of the molecule is Cc1occc1CN(C)c1ccc(C=O)c(Br)c1. The number of hydrogen-bond acceptors (Lipinski definition) is 3. The number of halogens is 1. The first-order valence-electron chi connectivity index (χ1n) is 5.60. The first-order chi connectivity index (χ1) is 8.61. The standard InChI is InChI=1S/C14H14BrNO2/c1-10-11(5-6-18-10)8-16(2)13-4-3-12(9-17)14(15)7-13/h3-7,9H,8H2,1-2H3. The van der Waals surface area contributed by atoms with E-state index in [1.165, 1.54) is 0 Å². The number of furan rings is 1. The van der Waals surface area contributed by atoms with Crippen molar-refractivity contribution in [3.63, 3.8) is 0 Å². The Labute approximate surface area is 115 Å². The third-order valence-corrected chi connectivity index (χ3v) is 3.61. The van der Waals surface area contributed by atoms with Gasteiger partial charge in [0, 0.05) is 34.9 Å². The molecular formula is C14H14BrNO2. The van der Waals surface area contributed by atoms with Crippen molar-refractivity contribution in [2.75, 3.05) is 11.9 Å². The van der Waals surface area contributed by atoms with E-state index in [9.17, 15) is 4.79 Å². The van der Waals surface area contributed by atoms with Gasteiger partial charge in [-0.15, -0.1) is 0 Å². The second kappa shape index (κ2) is 5.40. The van der Waals surface area contributed by atoms with Gasteiger partial charge in [-0.3, -0.25) is 4.79 Å². The summed E-state index contributed by atoms with van der Waals surface area (Å²) in [6, 6.07) is 7.66. The van der Waals surface area contributed by atoms with Crippen LogP contribution in [0.4, 0.5) is 5.69 Å². The Hall–Kier alpha value is -1.55. The maximum atomic E-state index is 10.8. The molecule has 2 aromatic rings. The van der Waals surface area contributed by atoms with Gasteiger partial charge in [0.2, 0.25) is 0 Å². The predicted molar refractivity (Wildman–Crippen MR) is 75.1 cm³/mol. The molecule has 0 unspecified atom stereocenters. The van der Waals surface area contributed by atoms with Crippen LogP contribution >= 0.6 is 15.9 Å². The van der Waals surface area contributed by atoms with Gasteiger partial charge >= 0.3 is 0 Å². The Balaban J connectivity index is 2.19. The van der Waals surface area contributed by atoms with Crippen molar-refractivity contribution in [1.29, 1.82) is 0 Å². The summed E-state index contributed by atoms with van der Waals surface area (Å²) in [4.78, 5) is 12.9. The first-order valence-corrected chi connectivity index (χ1v) is 6.40. The average molecular weight is 308 g/mol. The van der Waals surface area contributed by atoms with Crippen LogP contribution in [-0.4, -0.2) is 13.3 Å². The molecule has 0 aliphatic rings. The fourth-order valence-corrected chi connectivity index (χ4v) is 2.23. The van der Waals surface area contributed by atoms with Crippen LogP contribution in [0.5, 0.6) is 0 Å². The lowest BCUT2D eigenvalue weighted by atomic mass is 10.2. The molecule has 0 N–H and O–H groups in total. The molecule has 0 fully saturated rings. The fraction of sp³-hybridized carbons (Fsp3) is 0.214. The molecule has 0 aliphatic carbocycles. The number of rotatable bonds is 4. The largest absolute Gasteiger partial charge is 0.469 e. The average Bonchev–Trinajstić information content (AvgIpc) is 2.75. The molecule has 0 saturated carbocycles. The van der Waals surface area contributed by atoms with Crippen molar-refractivity contribution < 1.29 is 9.21 Å². The topological polar surface area (TPSA) is 33.5 Å². The van der Waals surface area contributed by atoms with E-state index in [-0.39, 0.29) is 0 Å². The Morgan fingerprint density at radius 2 is 2.17 bits per heavy atom. The number of carbonyl (C=O) groups is 1. The van der Waals surface area contributed by atoms with Gasteiger partial charge in [0.25, 0.3) is 0 Å². The molecule has 0 spiro atoms. The molecule has 0 amide bonds. The highest BCUT2D eigenvalue weighted by Crippen LogP contribution is 2.24. The Kier molecular flexibility index (Phi) is 3.87. The minimum atomic E-state index is 0.659. The van der Waals surface area contributed by atoms with Crippen LogP contribution < -0.4 is 4.90 Å². The van der Waals surface area contributed by atoms with Crippen LogP contribution in [0.15, 0.2) is 39.4 Å². The van der Waals surface area contributed by atoms with Crippen LogP contribution in [0.2, 0.25) is 0 Å². The molecule has 1 aromatic carbocycles. The van der Waals surface area contributed by atoms with Crippen LogP contribution in [0.25, 0.3) is 0 Å². The van der Waals surface area contributed by atoms with E-state index in [2.05, 4.69) is 20.8 Å². The van der Waals surface area contributed by atoms with Crippen molar-refractivity contribution >= 4 is 27.9 Å². The van der Waals surface area contributed by atoms with Crippen LogP contribution in [0, 0.1) is 6.92 Å². The number of hydrogen-bond donors (Lipinski definition) is 0. The van der Waals surface area contributed by atoms with Crippen molar-refractivity contribution in [2.24, 2.45) is 0 Å². The highest BCUT2D eigenvalue weighted by Gasteiger charge is 2.08. The van der Waals surface area contributed by atoms with E-state index in [0.717, 1.165) is 34.3 Å². The molecule has 94 valence electrons. The summed E-state index contributed by atoms with van der Waals surface area (Å²) in [6.07, 6.45) is 2.54. The molecule has 0 radical (unpaired) electrons. The van der Waals surface area contributed by atoms with Gasteiger partial charge in [-0.2, -0.15) is 0 Å². The summed E-state index contributed by atoms with van der Waals surface area (Å²) in [5.74, 6) is 0.936. The van der Waals surface area contributed by atoms with E-state index >= 15 is 0 Å². The minimum absolute atomic E-state index is 0.659. The summed E-state index contributed by atoms with van der Waals surface area (Å²) < 4.78 is 6.09. The van der Waals surface area contributed by atoms with Gasteiger partial charge < -0.3 is 9.32 Å². The summed E-state index contributed by atoms with van der Waals surface area (Å²) in [6.45, 7) is 2.73. The van der Waals surface area contributed by atoms with Gasteiger partial charge in [-0.25, -0.2) is 0 Å². The van der Waals surface area contributed by atoms with Crippen molar-refractivity contribution in [3.8, 4) is 0 Å². The maximum absolute atomic E-state index is 10.8. The zero-order valence-corrected chi connectivity index (χ0v) is 11.9. The molecule has 3 nitrogen and oxygen atoms in total. The molecule has 1 aromatic heterocycles. The molecule has 0 atom stereocenters. The number of nitrogens with zero attached hydrogens (tertiary/aromatic N) is 1. The first kappa shape index (κ1) is 12.9. The van der Waals surface area contributed by atoms with Crippen molar-refractivity contribution in [1.82, 2.24) is 0 Å². The Morgan fingerprint density at radius 1 is 1.39 bits per heavy atom. The lowest BCUT2D eigenvalue weighted by Crippen LogP contribution is -2.16. The summed E-state index contributed by atoms with van der Waals surface area (Å²) in [5, 5.41) is 0. The maximum Gasteiger partial charge on any atom is 0.151 e. The highest BCUT2D eigenvalue weighted by atomic mass is 79.9. The number of benzene rings is 1. The van der Waals surface area contributed by atoms with Crippen LogP contribution in [0.3, 0.4) is 0 Å². The third kappa shape index (κ3) is 2.64. The van der Waals surface area contributed by atoms with Crippen molar-refractivity contribution in [2.45, 2.75) is 13.5 Å². The lowest BCUT2D eigenvalue weighted by molar-refractivity contribution is 0.112. The highest BCUT2D eigenvalue weighted by molar-refractivity contribution is 9.10. The number of aryl methyl sites for hydroxylation is 1. The van der Waals surface area contributed by atoms with Gasteiger partial charge in [0.1, 0.15) is 5.76 Å². The van der Waals surface area contributed by atoms with E-state index in [1.54, 1.807) is 6.26 Å². The molecule has 0 bridgehead atoms. The molecule has 2 rings (SSSR count). The summed E-state index contributed by atoms with van der Waals surface area (Å²) >= 11 is 3.39. The minimum Gasteiger partial charge on any atom is -0.469 e. The van der Waals surface area contributed by atoms with E-state index < -0.39 is 0 Å². The second-order valence-corrected chi connectivity index (χ2v) is 5.04. The molecule has 0 aliphatic heterocycles. The van der Waals surface area contributed by atoms with E-state index in [1.807, 2.05) is 38.2 Å². The van der Waals surface area contributed by atoms with Gasteiger partial charge in [0.05, 0.1) is 6.26 Å². The molecule has 1 heterocycles. The normalized spacial score (nSPS) is 10.4. The predicted octanol–water partition coefficient (Wildman–Crippen LogP) is 3.80. The number of aldehydes is 1. The van der Waals surface area contributed by atoms with E-state index in [4.69, 9.17) is 4.42 Å². The van der Waals surface area contributed by atoms with Crippen LogP contribution in [-0.2, 0) is 6.54 Å². The Morgan fingerprint density at radius 3 is 2.72 bits per heavy atom. The van der Waals surface area contributed by atoms with E-state index in [0.29, 0.717) is 5.56 Å². The third-order valence-electron chi connectivity index (χ3n) is 2.93. The zero-order valence-electron chi connectivity index (χ0n) is 10.3. The molecule has 4 heteroatoms. The fourth-order valence-electron chi connectivity index (χ4n) is 1.77. The second-order valence-electron chi connectivity index (χ2n) is 4.18. The van der Waals surface area contributed by atoms with Gasteiger partial charge in [0.15, 0.2) is 6.29 Å². The monoisotopic (exact) mass is 307 g/mol. The molecular weight excluding hydrogens is 294 g/mol. The number of anilines is 1. The summed E-state index contributed by atoms with van der Waals surface area (Å²) in [5.41, 5.74) is 2.87. The van der Waals surface area contributed by atoms with Crippen molar-refractivity contribution in [3.05, 3.63) is 51.9 Å². The quantitative estimate of drug-likeness (QED) is 0.806. The summed E-state index contributed by atoms with van der Waals surface area (Å²) in [7, 11) is 2.01. The lowest BCUT2D eigenvalue weighted by Gasteiger charge is -2.19. The Bertz CT molecular complexity index is 563. The van der Waals surface area contributed by atoms with Gasteiger partial charge in [-0.05, 0) is 47.1 Å². The smallest absolute Gasteiger partial charge is 0.151 e. The molecule has 0 saturated heterocycles. The van der Waals surface area contributed by atoms with Gasteiger partial charge in [-0.1, -0.05) is 0 Å². The number of carbonyl (C=O) groups excluding carboxylic acids is 1.